The number of amides is 1. The van der Waals surface area contributed by atoms with E-state index in [1.807, 2.05) is 0 Å². The van der Waals surface area contributed by atoms with Gasteiger partial charge in [-0.15, -0.1) is 12.4 Å². The van der Waals surface area contributed by atoms with Crippen LogP contribution in [0.3, 0.4) is 0 Å². The third-order valence-electron chi connectivity index (χ3n) is 4.33. The van der Waals surface area contributed by atoms with E-state index in [2.05, 4.69) is 15.5 Å². The molecule has 2 aliphatic rings. The van der Waals surface area contributed by atoms with Crippen molar-refractivity contribution < 1.29 is 9.18 Å². The van der Waals surface area contributed by atoms with E-state index in [4.69, 9.17) is 0 Å². The first-order valence-corrected chi connectivity index (χ1v) is 7.14. The lowest BCUT2D eigenvalue weighted by molar-refractivity contribution is -0.117. The molecule has 1 amide bonds. The first-order chi connectivity index (χ1) is 9.65. The lowest BCUT2D eigenvalue weighted by atomic mass is 9.87. The summed E-state index contributed by atoms with van der Waals surface area (Å²) in [6.07, 6.45) is 2.36. The van der Waals surface area contributed by atoms with Crippen LogP contribution in [0.4, 0.5) is 10.1 Å². The minimum absolute atomic E-state index is 0. The molecule has 1 atom stereocenters. The molecule has 1 spiro atoms. The van der Waals surface area contributed by atoms with Crippen LogP contribution in [0.5, 0.6) is 0 Å². The zero-order chi connectivity index (χ0) is 14.0. The summed E-state index contributed by atoms with van der Waals surface area (Å²) in [5.41, 5.74) is 0.894. The van der Waals surface area contributed by atoms with Crippen molar-refractivity contribution >= 4 is 24.0 Å². The fourth-order valence-corrected chi connectivity index (χ4v) is 3.28. The molecule has 6 heteroatoms. The van der Waals surface area contributed by atoms with Crippen molar-refractivity contribution in [3.8, 4) is 0 Å². The number of hydrogen-bond donors (Lipinski definition) is 2. The highest BCUT2D eigenvalue weighted by molar-refractivity contribution is 5.92. The molecule has 3 rings (SSSR count). The van der Waals surface area contributed by atoms with Gasteiger partial charge in [0.05, 0.1) is 6.54 Å². The number of hydrogen-bond acceptors (Lipinski definition) is 3. The maximum absolute atomic E-state index is 13.1. The van der Waals surface area contributed by atoms with Gasteiger partial charge in [-0.05, 0) is 49.5 Å². The number of nitrogens with zero attached hydrogens (tertiary/aromatic N) is 1. The third-order valence-corrected chi connectivity index (χ3v) is 4.33. The second-order valence-corrected chi connectivity index (χ2v) is 5.95. The molecule has 2 saturated heterocycles. The zero-order valence-electron chi connectivity index (χ0n) is 11.9. The summed E-state index contributed by atoms with van der Waals surface area (Å²) in [4.78, 5) is 14.2. The monoisotopic (exact) mass is 313 g/mol. The number of nitrogens with one attached hydrogen (secondary N) is 2. The Bertz CT molecular complexity index is 505. The maximum atomic E-state index is 13.1. The number of benzene rings is 1. The van der Waals surface area contributed by atoms with Gasteiger partial charge in [0, 0.05) is 18.8 Å². The largest absolute Gasteiger partial charge is 0.325 e. The predicted octanol–water partition coefficient (Wildman–Crippen LogP) is 1.87. The molecule has 116 valence electrons. The van der Waals surface area contributed by atoms with E-state index in [-0.39, 0.29) is 24.1 Å². The van der Waals surface area contributed by atoms with E-state index in [0.29, 0.717) is 17.6 Å². The van der Waals surface area contributed by atoms with Crippen molar-refractivity contribution in [2.24, 2.45) is 5.41 Å². The van der Waals surface area contributed by atoms with Crippen molar-refractivity contribution in [1.82, 2.24) is 10.2 Å². The SMILES string of the molecule is Cl.O=C(CN1CCC2(CCNC2)C1)Nc1cccc(F)c1. The van der Waals surface area contributed by atoms with Crippen LogP contribution in [0.25, 0.3) is 0 Å². The highest BCUT2D eigenvalue weighted by Gasteiger charge is 2.40. The molecule has 0 aliphatic carbocycles. The Morgan fingerprint density at radius 2 is 2.29 bits per heavy atom. The van der Waals surface area contributed by atoms with E-state index in [1.165, 1.54) is 18.6 Å². The predicted molar refractivity (Wildman–Crippen MR) is 83.3 cm³/mol. The Kier molecular flexibility index (Phi) is 5.19. The van der Waals surface area contributed by atoms with Crippen LogP contribution in [0.15, 0.2) is 24.3 Å². The lowest BCUT2D eigenvalue weighted by Gasteiger charge is -2.22. The van der Waals surface area contributed by atoms with Crippen LogP contribution in [0.2, 0.25) is 0 Å². The van der Waals surface area contributed by atoms with Gasteiger partial charge in [-0.2, -0.15) is 0 Å². The first-order valence-electron chi connectivity index (χ1n) is 7.14. The Morgan fingerprint density at radius 3 is 3.00 bits per heavy atom. The smallest absolute Gasteiger partial charge is 0.238 e. The molecule has 2 aliphatic heterocycles. The van der Waals surface area contributed by atoms with Gasteiger partial charge >= 0.3 is 0 Å². The Hall–Kier alpha value is -1.17. The molecular formula is C15H21ClFN3O. The zero-order valence-corrected chi connectivity index (χ0v) is 12.7. The maximum Gasteiger partial charge on any atom is 0.238 e. The molecule has 0 radical (unpaired) electrons. The number of rotatable bonds is 3. The Balaban J connectivity index is 0.00000161. The van der Waals surface area contributed by atoms with E-state index in [9.17, 15) is 9.18 Å². The van der Waals surface area contributed by atoms with E-state index in [1.54, 1.807) is 12.1 Å². The van der Waals surface area contributed by atoms with E-state index in [0.717, 1.165) is 32.6 Å². The van der Waals surface area contributed by atoms with E-state index < -0.39 is 0 Å². The van der Waals surface area contributed by atoms with Gasteiger partial charge in [-0.1, -0.05) is 6.07 Å². The van der Waals surface area contributed by atoms with Crippen molar-refractivity contribution in [3.05, 3.63) is 30.1 Å². The van der Waals surface area contributed by atoms with Gasteiger partial charge in [-0.25, -0.2) is 4.39 Å². The van der Waals surface area contributed by atoms with Crippen molar-refractivity contribution in [2.45, 2.75) is 12.8 Å². The van der Waals surface area contributed by atoms with E-state index >= 15 is 0 Å². The highest BCUT2D eigenvalue weighted by atomic mass is 35.5. The van der Waals surface area contributed by atoms with Gasteiger partial charge in [0.1, 0.15) is 5.82 Å². The average Bonchev–Trinajstić information content (AvgIpc) is 3.00. The molecule has 21 heavy (non-hydrogen) atoms. The molecule has 0 bridgehead atoms. The minimum Gasteiger partial charge on any atom is -0.325 e. The molecular weight excluding hydrogens is 293 g/mol. The first kappa shape index (κ1) is 16.2. The second kappa shape index (κ2) is 6.73. The quantitative estimate of drug-likeness (QED) is 0.895. The minimum atomic E-state index is -0.333. The number of likely N-dealkylation sites (tertiary alicyclic amines) is 1. The average molecular weight is 314 g/mol. The number of anilines is 1. The summed E-state index contributed by atoms with van der Waals surface area (Å²) < 4.78 is 13.1. The second-order valence-electron chi connectivity index (χ2n) is 5.95. The molecule has 2 heterocycles. The summed E-state index contributed by atoms with van der Waals surface area (Å²) in [5, 5.41) is 6.16. The molecule has 4 nitrogen and oxygen atoms in total. The highest BCUT2D eigenvalue weighted by Crippen LogP contribution is 2.35. The number of carbonyl (C=O) groups is 1. The Morgan fingerprint density at radius 1 is 1.43 bits per heavy atom. The fraction of sp³-hybridized carbons (Fsp3) is 0.533. The number of carbonyl (C=O) groups excluding carboxylic acids is 1. The van der Waals surface area contributed by atoms with Crippen molar-refractivity contribution in [1.29, 1.82) is 0 Å². The van der Waals surface area contributed by atoms with Crippen molar-refractivity contribution in [2.75, 3.05) is 38.0 Å². The molecule has 0 saturated carbocycles. The topological polar surface area (TPSA) is 44.4 Å². The molecule has 2 fully saturated rings. The summed E-state index contributed by atoms with van der Waals surface area (Å²) in [5.74, 6) is -0.404. The van der Waals surface area contributed by atoms with Crippen LogP contribution in [-0.2, 0) is 4.79 Å². The summed E-state index contributed by atoms with van der Waals surface area (Å²) >= 11 is 0. The molecule has 0 aromatic heterocycles. The standard InChI is InChI=1S/C15H20FN3O.ClH/c16-12-2-1-3-13(8-12)18-14(20)9-19-7-5-15(11-19)4-6-17-10-15;/h1-3,8,17H,4-7,9-11H2,(H,18,20);1H. The lowest BCUT2D eigenvalue weighted by Crippen LogP contribution is -2.34. The van der Waals surface area contributed by atoms with Gasteiger partial charge in [0.15, 0.2) is 0 Å². The van der Waals surface area contributed by atoms with Crippen LogP contribution in [0.1, 0.15) is 12.8 Å². The van der Waals surface area contributed by atoms with Gasteiger partial charge in [0.25, 0.3) is 0 Å². The molecule has 1 aromatic rings. The van der Waals surface area contributed by atoms with Gasteiger partial charge < -0.3 is 10.6 Å². The van der Waals surface area contributed by atoms with Gasteiger partial charge in [-0.3, -0.25) is 9.69 Å². The molecule has 1 aromatic carbocycles. The number of halogens is 2. The summed E-state index contributed by atoms with van der Waals surface area (Å²) in [7, 11) is 0. The third kappa shape index (κ3) is 3.93. The Labute approximate surface area is 130 Å². The molecule has 2 N–H and O–H groups in total. The fourth-order valence-electron chi connectivity index (χ4n) is 3.28. The summed E-state index contributed by atoms with van der Waals surface area (Å²) in [6.45, 7) is 4.49. The van der Waals surface area contributed by atoms with Crippen LogP contribution < -0.4 is 10.6 Å². The van der Waals surface area contributed by atoms with Gasteiger partial charge in [0.2, 0.25) is 5.91 Å². The summed E-state index contributed by atoms with van der Waals surface area (Å²) in [6, 6.07) is 6.00. The van der Waals surface area contributed by atoms with Crippen LogP contribution in [0, 0.1) is 11.2 Å². The van der Waals surface area contributed by atoms with Crippen molar-refractivity contribution in [3.63, 3.8) is 0 Å². The molecule has 1 unspecified atom stereocenters. The van der Waals surface area contributed by atoms with Crippen LogP contribution in [-0.4, -0.2) is 43.5 Å². The van der Waals surface area contributed by atoms with Crippen LogP contribution >= 0.6 is 12.4 Å². The normalized spacial score (nSPS) is 25.0.